The highest BCUT2D eigenvalue weighted by atomic mass is 31.2. The van der Waals surface area contributed by atoms with Crippen LogP contribution < -0.4 is 0 Å². The number of unbranched alkanes of at least 4 members (excludes halogenated alkanes) is 46. The molecular formula is C85H166O17P2. The van der Waals surface area contributed by atoms with Crippen LogP contribution in [-0.4, -0.2) is 96.7 Å². The third-order valence-corrected chi connectivity index (χ3v) is 22.4. The number of phosphoric ester groups is 2. The van der Waals surface area contributed by atoms with Gasteiger partial charge in [0.25, 0.3) is 0 Å². The minimum absolute atomic E-state index is 0.106. The zero-order chi connectivity index (χ0) is 76.7. The Morgan fingerprint density at radius 1 is 0.269 bits per heavy atom. The van der Waals surface area contributed by atoms with Gasteiger partial charge in [0.05, 0.1) is 26.4 Å². The molecule has 0 amide bonds. The first-order valence-electron chi connectivity index (χ1n) is 43.8. The second-order valence-corrected chi connectivity index (χ2v) is 34.9. The minimum atomic E-state index is -4.97. The quantitative estimate of drug-likeness (QED) is 0.0222. The second-order valence-electron chi connectivity index (χ2n) is 32.0. The number of hydrogen-bond acceptors (Lipinski definition) is 15. The third-order valence-electron chi connectivity index (χ3n) is 20.5. The van der Waals surface area contributed by atoms with Gasteiger partial charge in [-0.05, 0) is 49.4 Å². The van der Waals surface area contributed by atoms with Gasteiger partial charge in [-0.1, -0.05) is 389 Å². The minimum Gasteiger partial charge on any atom is -0.462 e. The summed E-state index contributed by atoms with van der Waals surface area (Å²) in [5.74, 6) is 1.07. The van der Waals surface area contributed by atoms with Gasteiger partial charge in [0.1, 0.15) is 19.3 Å². The predicted octanol–water partition coefficient (Wildman–Crippen LogP) is 25.6. The fraction of sp³-hybridized carbons (Fsp3) is 0.953. The molecule has 0 heterocycles. The average Bonchev–Trinajstić information content (AvgIpc) is 0.903. The standard InChI is InChI=1S/C85H166O17P2/c1-9-77(7)63-55-47-39-33-27-20-15-13-11-12-14-16-21-29-35-41-51-59-67-84(89)101-80(71-95-82(87)65-57-49-40-34-28-24-23-26-32-38-46-54-62-76(5)6)73-99-103(91,92)97-69-79(86)70-98-104(93,94)100-74-81(72-96-83(88)66-58-50-44-43-48-56-64-78(8)10-2)102-85(90)68-60-52-42-36-30-22-18-17-19-25-31-37-45-53-61-75(3)4/h75-81,86H,9-74H2,1-8H3,(H,91,92)(H,93,94)/t77?,78?,79-,80-,81-/m1/s1. The van der Waals surface area contributed by atoms with Gasteiger partial charge in [-0.15, -0.1) is 0 Å². The molecule has 0 aromatic heterocycles. The lowest BCUT2D eigenvalue weighted by Crippen LogP contribution is -2.30. The molecule has 0 fully saturated rings. The summed E-state index contributed by atoms with van der Waals surface area (Å²) >= 11 is 0. The Labute approximate surface area is 638 Å². The van der Waals surface area contributed by atoms with Crippen LogP contribution in [0.25, 0.3) is 0 Å². The normalized spacial score (nSPS) is 14.5. The smallest absolute Gasteiger partial charge is 0.462 e. The Morgan fingerprint density at radius 2 is 0.462 bits per heavy atom. The number of hydrogen-bond donors (Lipinski definition) is 3. The maximum Gasteiger partial charge on any atom is 0.472 e. The van der Waals surface area contributed by atoms with Gasteiger partial charge in [-0.2, -0.15) is 0 Å². The van der Waals surface area contributed by atoms with E-state index in [-0.39, 0.29) is 25.7 Å². The summed E-state index contributed by atoms with van der Waals surface area (Å²) in [6.45, 7) is 14.3. The van der Waals surface area contributed by atoms with Gasteiger partial charge in [-0.3, -0.25) is 37.3 Å². The zero-order valence-electron chi connectivity index (χ0n) is 68.7. The number of aliphatic hydroxyl groups excluding tert-OH is 1. The van der Waals surface area contributed by atoms with Crippen LogP contribution >= 0.6 is 15.6 Å². The molecule has 3 N–H and O–H groups in total. The van der Waals surface area contributed by atoms with Crippen LogP contribution in [0.2, 0.25) is 0 Å². The Bertz CT molecular complexity index is 2030. The molecule has 0 bridgehead atoms. The largest absolute Gasteiger partial charge is 0.472 e. The van der Waals surface area contributed by atoms with Crippen molar-refractivity contribution < 1.29 is 80.2 Å². The lowest BCUT2D eigenvalue weighted by atomic mass is 9.99. The highest BCUT2D eigenvalue weighted by molar-refractivity contribution is 7.47. The summed E-state index contributed by atoms with van der Waals surface area (Å²) in [6, 6.07) is 0. The summed E-state index contributed by atoms with van der Waals surface area (Å²) in [6.07, 6.45) is 62.5. The number of aliphatic hydroxyl groups is 1. The second kappa shape index (κ2) is 73.8. The number of rotatable bonds is 82. The van der Waals surface area contributed by atoms with Crippen molar-refractivity contribution in [3.63, 3.8) is 0 Å². The fourth-order valence-electron chi connectivity index (χ4n) is 13.1. The molecule has 0 saturated carbocycles. The maximum atomic E-state index is 13.1. The SMILES string of the molecule is CCC(C)CCCCCCCCCCCCCCCCCCCCC(=O)O[C@H](COC(=O)CCCCCCCCCCCCCCC(C)C)COP(=O)(O)OC[C@@H](O)COP(=O)(O)OC[C@@H](COC(=O)CCCCCCCCC(C)CC)OC(=O)CCCCCCCCCCCCCCCCC(C)C. The van der Waals surface area contributed by atoms with Gasteiger partial charge in [0.2, 0.25) is 0 Å². The van der Waals surface area contributed by atoms with Gasteiger partial charge in [-0.25, -0.2) is 9.13 Å². The maximum absolute atomic E-state index is 13.1. The van der Waals surface area contributed by atoms with Crippen molar-refractivity contribution >= 4 is 39.5 Å². The number of carbonyl (C=O) groups excluding carboxylic acids is 4. The van der Waals surface area contributed by atoms with Crippen molar-refractivity contribution in [2.75, 3.05) is 39.6 Å². The number of esters is 4. The summed E-state index contributed by atoms with van der Waals surface area (Å²) in [5, 5.41) is 10.7. The molecule has 0 spiro atoms. The van der Waals surface area contributed by atoms with E-state index in [2.05, 4.69) is 55.4 Å². The molecule has 4 unspecified atom stereocenters. The Hall–Kier alpha value is -1.94. The Morgan fingerprint density at radius 3 is 0.683 bits per heavy atom. The van der Waals surface area contributed by atoms with Gasteiger partial charge >= 0.3 is 39.5 Å². The molecule has 0 aromatic rings. The lowest BCUT2D eigenvalue weighted by Gasteiger charge is -2.21. The topological polar surface area (TPSA) is 237 Å². The van der Waals surface area contributed by atoms with Crippen molar-refractivity contribution in [2.24, 2.45) is 23.7 Å². The first-order valence-corrected chi connectivity index (χ1v) is 46.8. The Kier molecular flexibility index (Phi) is 72.5. The van der Waals surface area contributed by atoms with Crippen LogP contribution in [0.4, 0.5) is 0 Å². The molecule has 7 atom stereocenters. The summed E-state index contributed by atoms with van der Waals surface area (Å²) in [5.41, 5.74) is 0. The molecule has 0 aliphatic heterocycles. The van der Waals surface area contributed by atoms with E-state index < -0.39 is 97.5 Å². The highest BCUT2D eigenvalue weighted by Crippen LogP contribution is 2.45. The summed E-state index contributed by atoms with van der Waals surface area (Å²) < 4.78 is 68.8. The molecule has 0 aliphatic carbocycles. The van der Waals surface area contributed by atoms with Crippen molar-refractivity contribution in [1.82, 2.24) is 0 Å². The van der Waals surface area contributed by atoms with E-state index in [9.17, 15) is 43.2 Å². The summed E-state index contributed by atoms with van der Waals surface area (Å²) in [4.78, 5) is 73.2. The fourth-order valence-corrected chi connectivity index (χ4v) is 14.7. The monoisotopic (exact) mass is 1520 g/mol. The summed E-state index contributed by atoms with van der Waals surface area (Å²) in [7, 11) is -9.93. The number of phosphoric acid groups is 2. The molecule has 618 valence electrons. The van der Waals surface area contributed by atoms with E-state index in [0.29, 0.717) is 25.7 Å². The molecule has 0 aromatic carbocycles. The van der Waals surface area contributed by atoms with Crippen LogP contribution in [0.15, 0.2) is 0 Å². The van der Waals surface area contributed by atoms with Crippen LogP contribution in [-0.2, 0) is 65.4 Å². The molecular weight excluding hydrogens is 1350 g/mol. The molecule has 0 aliphatic rings. The van der Waals surface area contributed by atoms with E-state index in [4.69, 9.17) is 37.0 Å². The zero-order valence-corrected chi connectivity index (χ0v) is 70.5. The average molecular weight is 1520 g/mol. The molecule has 0 radical (unpaired) electrons. The van der Waals surface area contributed by atoms with E-state index >= 15 is 0 Å². The highest BCUT2D eigenvalue weighted by Gasteiger charge is 2.30. The van der Waals surface area contributed by atoms with Gasteiger partial charge in [0.15, 0.2) is 12.2 Å². The van der Waals surface area contributed by atoms with E-state index in [1.807, 2.05) is 0 Å². The first-order chi connectivity index (χ1) is 50.2. The van der Waals surface area contributed by atoms with E-state index in [0.717, 1.165) is 120 Å². The van der Waals surface area contributed by atoms with Crippen molar-refractivity contribution in [2.45, 2.75) is 459 Å². The van der Waals surface area contributed by atoms with Crippen molar-refractivity contribution in [3.8, 4) is 0 Å². The van der Waals surface area contributed by atoms with Crippen molar-refractivity contribution in [1.29, 1.82) is 0 Å². The van der Waals surface area contributed by atoms with Crippen LogP contribution in [0.1, 0.15) is 441 Å². The van der Waals surface area contributed by atoms with Crippen molar-refractivity contribution in [3.05, 3.63) is 0 Å². The van der Waals surface area contributed by atoms with Crippen LogP contribution in [0.5, 0.6) is 0 Å². The van der Waals surface area contributed by atoms with Gasteiger partial charge < -0.3 is 33.8 Å². The van der Waals surface area contributed by atoms with E-state index in [1.54, 1.807) is 0 Å². The van der Waals surface area contributed by atoms with Gasteiger partial charge in [0, 0.05) is 25.7 Å². The first kappa shape index (κ1) is 102. The Balaban J connectivity index is 5.22. The molecule has 104 heavy (non-hydrogen) atoms. The molecule has 17 nitrogen and oxygen atoms in total. The van der Waals surface area contributed by atoms with E-state index in [1.165, 1.54) is 238 Å². The molecule has 0 rings (SSSR count). The lowest BCUT2D eigenvalue weighted by molar-refractivity contribution is -0.161. The number of ether oxygens (including phenoxy) is 4. The third kappa shape index (κ3) is 75.5. The molecule has 19 heteroatoms. The van der Waals surface area contributed by atoms with Crippen LogP contribution in [0.3, 0.4) is 0 Å². The molecule has 0 saturated heterocycles. The number of carbonyl (C=O) groups is 4. The van der Waals surface area contributed by atoms with Crippen LogP contribution in [0, 0.1) is 23.7 Å². The predicted molar refractivity (Wildman–Crippen MR) is 428 cm³/mol.